The molecule has 1 aliphatic heterocycles. The van der Waals surface area contributed by atoms with Crippen LogP contribution in [0.2, 0.25) is 0 Å². The first-order chi connectivity index (χ1) is 8.78. The minimum Gasteiger partial charge on any atom is -0.480 e. The van der Waals surface area contributed by atoms with Crippen LogP contribution in [0.5, 0.6) is 5.75 Å². The quantitative estimate of drug-likeness (QED) is 0.640. The Morgan fingerprint density at radius 1 is 1.42 bits per heavy atom. The van der Waals surface area contributed by atoms with Gasteiger partial charge in [0.1, 0.15) is 12.2 Å². The Kier molecular flexibility index (Phi) is 3.79. The van der Waals surface area contributed by atoms with Gasteiger partial charge >= 0.3 is 5.69 Å². The third kappa shape index (κ3) is 3.23. The predicted octanol–water partition coefficient (Wildman–Crippen LogP) is 0.894. The van der Waals surface area contributed by atoms with Crippen molar-refractivity contribution in [3.63, 3.8) is 0 Å². The molecule has 0 amide bonds. The molecule has 1 aromatic rings. The summed E-state index contributed by atoms with van der Waals surface area (Å²) >= 11 is 3.10. The fourth-order valence-corrected chi connectivity index (χ4v) is 3.82. The average Bonchev–Trinajstić information content (AvgIpc) is 2.54. The molecular weight excluding hydrogens is 342 g/mol. The van der Waals surface area contributed by atoms with E-state index in [0.29, 0.717) is 4.47 Å². The van der Waals surface area contributed by atoms with E-state index in [9.17, 15) is 23.6 Å². The molecule has 0 aromatic heterocycles. The van der Waals surface area contributed by atoms with Gasteiger partial charge in [0.15, 0.2) is 15.6 Å². The van der Waals surface area contributed by atoms with Gasteiger partial charge in [-0.1, -0.05) is 15.9 Å². The number of sulfone groups is 1. The van der Waals surface area contributed by atoms with Crippen LogP contribution in [0.25, 0.3) is 0 Å². The monoisotopic (exact) mass is 351 g/mol. The number of benzene rings is 1. The normalized spacial score (nSPS) is 25.2. The topological polar surface area (TPSA) is 107 Å². The first-order valence-corrected chi connectivity index (χ1v) is 7.89. The van der Waals surface area contributed by atoms with Crippen LogP contribution in [0.3, 0.4) is 0 Å². The summed E-state index contributed by atoms with van der Waals surface area (Å²) in [5.74, 6) is -0.794. The maximum atomic E-state index is 11.3. The zero-order valence-electron chi connectivity index (χ0n) is 9.52. The lowest BCUT2D eigenvalue weighted by molar-refractivity contribution is -0.386. The van der Waals surface area contributed by atoms with E-state index in [1.165, 1.54) is 18.2 Å². The Balaban J connectivity index is 2.27. The maximum Gasteiger partial charge on any atom is 0.312 e. The summed E-state index contributed by atoms with van der Waals surface area (Å²) in [7, 11) is -3.36. The number of aliphatic hydroxyl groups is 1. The van der Waals surface area contributed by atoms with Crippen molar-refractivity contribution >= 4 is 31.5 Å². The van der Waals surface area contributed by atoms with Gasteiger partial charge in [-0.25, -0.2) is 8.42 Å². The van der Waals surface area contributed by atoms with E-state index in [-0.39, 0.29) is 22.9 Å². The molecular formula is C10H10BrNO6S. The van der Waals surface area contributed by atoms with E-state index < -0.39 is 27.0 Å². The van der Waals surface area contributed by atoms with Crippen molar-refractivity contribution in [2.75, 3.05) is 11.5 Å². The van der Waals surface area contributed by atoms with Gasteiger partial charge in [0.05, 0.1) is 16.4 Å². The lowest BCUT2D eigenvalue weighted by Gasteiger charge is -2.15. The highest BCUT2D eigenvalue weighted by molar-refractivity contribution is 9.10. The van der Waals surface area contributed by atoms with E-state index in [1.807, 2.05) is 0 Å². The molecule has 1 N–H and O–H groups in total. The molecule has 0 spiro atoms. The number of hydrogen-bond donors (Lipinski definition) is 1. The van der Waals surface area contributed by atoms with Crippen molar-refractivity contribution in [3.8, 4) is 5.75 Å². The van der Waals surface area contributed by atoms with Crippen molar-refractivity contribution in [3.05, 3.63) is 32.8 Å². The highest BCUT2D eigenvalue weighted by atomic mass is 79.9. The zero-order valence-corrected chi connectivity index (χ0v) is 11.9. The summed E-state index contributed by atoms with van der Waals surface area (Å²) < 4.78 is 28.5. The van der Waals surface area contributed by atoms with Crippen molar-refractivity contribution in [1.29, 1.82) is 0 Å². The molecule has 2 atom stereocenters. The SMILES string of the molecule is O=[N+]([O-])c1cc(Br)ccc1OC1CS(=O)(=O)CC1O. The van der Waals surface area contributed by atoms with Gasteiger partial charge in [0.2, 0.25) is 0 Å². The van der Waals surface area contributed by atoms with Crippen molar-refractivity contribution in [2.24, 2.45) is 0 Å². The molecule has 0 aliphatic carbocycles. The Morgan fingerprint density at radius 3 is 2.63 bits per heavy atom. The zero-order chi connectivity index (χ0) is 14.2. The largest absolute Gasteiger partial charge is 0.480 e. The van der Waals surface area contributed by atoms with E-state index in [1.54, 1.807) is 0 Å². The molecule has 1 saturated heterocycles. The average molecular weight is 352 g/mol. The van der Waals surface area contributed by atoms with Gasteiger partial charge in [-0.15, -0.1) is 0 Å². The smallest absolute Gasteiger partial charge is 0.312 e. The standard InChI is InChI=1S/C10H10BrNO6S/c11-6-1-2-9(7(3-6)12(14)15)18-10-5-19(16,17)4-8(10)13/h1-3,8,10,13H,4-5H2. The first-order valence-electron chi connectivity index (χ1n) is 5.27. The highest BCUT2D eigenvalue weighted by Crippen LogP contribution is 2.32. The second kappa shape index (κ2) is 5.06. The lowest BCUT2D eigenvalue weighted by Crippen LogP contribution is -2.30. The molecule has 0 bridgehead atoms. The first kappa shape index (κ1) is 14.2. The summed E-state index contributed by atoms with van der Waals surface area (Å²) in [4.78, 5) is 10.3. The van der Waals surface area contributed by atoms with Crippen LogP contribution < -0.4 is 4.74 Å². The van der Waals surface area contributed by atoms with E-state index in [2.05, 4.69) is 15.9 Å². The fourth-order valence-electron chi connectivity index (χ4n) is 1.81. The summed E-state index contributed by atoms with van der Waals surface area (Å²) in [5, 5.41) is 20.5. The molecule has 1 heterocycles. The predicted molar refractivity (Wildman–Crippen MR) is 69.9 cm³/mol. The van der Waals surface area contributed by atoms with E-state index in [0.717, 1.165) is 0 Å². The van der Waals surface area contributed by atoms with Crippen molar-refractivity contribution in [2.45, 2.75) is 12.2 Å². The van der Waals surface area contributed by atoms with Crippen LogP contribution in [0.1, 0.15) is 0 Å². The van der Waals surface area contributed by atoms with E-state index in [4.69, 9.17) is 4.74 Å². The van der Waals surface area contributed by atoms with Crippen LogP contribution in [0, 0.1) is 10.1 Å². The lowest BCUT2D eigenvalue weighted by atomic mass is 10.2. The van der Waals surface area contributed by atoms with Crippen molar-refractivity contribution in [1.82, 2.24) is 0 Å². The number of nitro benzene ring substituents is 1. The molecule has 0 radical (unpaired) electrons. The summed E-state index contributed by atoms with van der Waals surface area (Å²) in [6.45, 7) is 0. The number of rotatable bonds is 3. The number of nitrogens with zero attached hydrogens (tertiary/aromatic N) is 1. The fraction of sp³-hybridized carbons (Fsp3) is 0.400. The number of halogens is 1. The van der Waals surface area contributed by atoms with Crippen LogP contribution >= 0.6 is 15.9 Å². The Bertz CT molecular complexity index is 616. The van der Waals surface area contributed by atoms with Gasteiger partial charge in [-0.2, -0.15) is 0 Å². The molecule has 1 aromatic carbocycles. The second-order valence-electron chi connectivity index (χ2n) is 4.17. The third-order valence-corrected chi connectivity index (χ3v) is 4.85. The summed E-state index contributed by atoms with van der Waals surface area (Å²) in [6.07, 6.45) is -2.15. The minimum atomic E-state index is -3.36. The maximum absolute atomic E-state index is 11.3. The number of hydrogen-bond acceptors (Lipinski definition) is 6. The second-order valence-corrected chi connectivity index (χ2v) is 7.24. The van der Waals surface area contributed by atoms with Crippen LogP contribution in [-0.4, -0.2) is 42.2 Å². The molecule has 2 unspecified atom stereocenters. The van der Waals surface area contributed by atoms with Crippen LogP contribution in [0.4, 0.5) is 5.69 Å². The number of ether oxygens (including phenoxy) is 1. The minimum absolute atomic E-state index is 0.0608. The van der Waals surface area contributed by atoms with Gasteiger partial charge in [-0.3, -0.25) is 10.1 Å². The summed E-state index contributed by atoms with van der Waals surface area (Å²) in [6, 6.07) is 4.16. The molecule has 2 rings (SSSR count). The Morgan fingerprint density at radius 2 is 2.11 bits per heavy atom. The van der Waals surface area contributed by atoms with Gasteiger partial charge in [-0.05, 0) is 12.1 Å². The van der Waals surface area contributed by atoms with Crippen LogP contribution in [0.15, 0.2) is 22.7 Å². The number of aliphatic hydroxyl groups excluding tert-OH is 1. The summed E-state index contributed by atoms with van der Waals surface area (Å²) in [5.41, 5.74) is -0.286. The van der Waals surface area contributed by atoms with Gasteiger partial charge in [0, 0.05) is 10.5 Å². The van der Waals surface area contributed by atoms with E-state index >= 15 is 0 Å². The molecule has 19 heavy (non-hydrogen) atoms. The van der Waals surface area contributed by atoms with Crippen molar-refractivity contribution < 1.29 is 23.2 Å². The molecule has 0 saturated carbocycles. The molecule has 1 fully saturated rings. The Labute approximate surface area is 117 Å². The molecule has 7 nitrogen and oxygen atoms in total. The molecule has 1 aliphatic rings. The van der Waals surface area contributed by atoms with Gasteiger partial charge < -0.3 is 9.84 Å². The molecule has 104 valence electrons. The highest BCUT2D eigenvalue weighted by Gasteiger charge is 2.39. The number of nitro groups is 1. The molecule has 9 heteroatoms. The van der Waals surface area contributed by atoms with Crippen LogP contribution in [-0.2, 0) is 9.84 Å². The Hall–Kier alpha value is -1.19. The third-order valence-electron chi connectivity index (χ3n) is 2.67. The van der Waals surface area contributed by atoms with Gasteiger partial charge in [0.25, 0.3) is 0 Å².